The number of carbonyl (C=O) groups excluding carboxylic acids is 2. The molecule has 0 aliphatic carbocycles. The summed E-state index contributed by atoms with van der Waals surface area (Å²) in [5, 5.41) is 11.5. The molecule has 30 heavy (non-hydrogen) atoms. The van der Waals surface area contributed by atoms with Gasteiger partial charge < -0.3 is 28.5 Å². The van der Waals surface area contributed by atoms with E-state index >= 15 is 0 Å². The van der Waals surface area contributed by atoms with E-state index < -0.39 is 29.0 Å². The van der Waals surface area contributed by atoms with Crippen molar-refractivity contribution < 1.29 is 37.8 Å². The molecule has 0 saturated carbocycles. The molecule has 0 saturated heterocycles. The maximum atomic E-state index is 11.9. The van der Waals surface area contributed by atoms with Crippen LogP contribution in [0.15, 0.2) is 37.9 Å². The van der Waals surface area contributed by atoms with Crippen molar-refractivity contribution in [1.29, 1.82) is 0 Å². The molecule has 1 N–H and O–H groups in total. The van der Waals surface area contributed by atoms with Crippen LogP contribution in [-0.2, 0) is 27.4 Å². The highest BCUT2D eigenvalue weighted by Gasteiger charge is 2.20. The predicted molar refractivity (Wildman–Crippen MR) is 98.1 cm³/mol. The van der Waals surface area contributed by atoms with Crippen molar-refractivity contribution in [2.45, 2.75) is 39.3 Å². The molecule has 0 radical (unpaired) electrons. The lowest BCUT2D eigenvalue weighted by Crippen LogP contribution is -2.41. The Morgan fingerprint density at radius 3 is 2.53 bits per heavy atom. The zero-order valence-corrected chi connectivity index (χ0v) is 16.2. The minimum absolute atomic E-state index is 0.00600. The van der Waals surface area contributed by atoms with Gasteiger partial charge in [0.05, 0.1) is 6.61 Å². The lowest BCUT2D eigenvalue weighted by molar-refractivity contribution is -0.757. The number of benzene rings is 1. The fourth-order valence-corrected chi connectivity index (χ4v) is 2.28. The second-order valence-corrected chi connectivity index (χ2v) is 6.10. The minimum atomic E-state index is -1.02. The molecular weight excluding hydrogens is 404 g/mol. The third-order valence-corrected chi connectivity index (χ3v) is 3.81. The van der Waals surface area contributed by atoms with Crippen LogP contribution in [0.2, 0.25) is 0 Å². The van der Waals surface area contributed by atoms with E-state index in [0.29, 0.717) is 12.8 Å². The smallest absolute Gasteiger partial charge is 0.456 e. The molecule has 2 aromatic rings. The van der Waals surface area contributed by atoms with Crippen LogP contribution in [0.25, 0.3) is 0 Å². The Bertz CT molecular complexity index is 931. The van der Waals surface area contributed by atoms with Crippen molar-refractivity contribution in [3.05, 3.63) is 62.1 Å². The third-order valence-electron chi connectivity index (χ3n) is 3.81. The Kier molecular flexibility index (Phi) is 7.97. The van der Waals surface area contributed by atoms with Gasteiger partial charge in [-0.05, 0) is 44.4 Å². The minimum Gasteiger partial charge on any atom is -0.456 e. The van der Waals surface area contributed by atoms with Gasteiger partial charge in [0.2, 0.25) is 0 Å². The summed E-state index contributed by atoms with van der Waals surface area (Å²) >= 11 is 0. The maximum Gasteiger partial charge on any atom is 0.519 e. The van der Waals surface area contributed by atoms with E-state index in [1.54, 1.807) is 24.3 Å². The highest BCUT2D eigenvalue weighted by atomic mass is 16.9. The van der Waals surface area contributed by atoms with Crippen molar-refractivity contribution >= 4 is 12.1 Å². The molecule has 12 heteroatoms. The van der Waals surface area contributed by atoms with Gasteiger partial charge in [-0.3, -0.25) is 0 Å². The van der Waals surface area contributed by atoms with Gasteiger partial charge in [-0.2, -0.15) is 0 Å². The number of nitrogens with one attached hydrogen (secondary N) is 1. The number of hydrogen-bond donors (Lipinski definition) is 1. The van der Waals surface area contributed by atoms with Crippen molar-refractivity contribution in [3.63, 3.8) is 0 Å². The maximum absolute atomic E-state index is 11.9. The van der Waals surface area contributed by atoms with Crippen LogP contribution in [-0.4, -0.2) is 29.8 Å². The molecule has 1 atom stereocenters. The first-order valence-corrected chi connectivity index (χ1v) is 8.85. The number of hydrogen-bond acceptors (Lipinski definition) is 10. The van der Waals surface area contributed by atoms with E-state index in [9.17, 15) is 24.5 Å². The van der Waals surface area contributed by atoms with Crippen LogP contribution in [0.1, 0.15) is 30.4 Å². The highest BCUT2D eigenvalue weighted by molar-refractivity contribution is 5.81. The van der Waals surface area contributed by atoms with Gasteiger partial charge >= 0.3 is 17.9 Å². The number of carbonyl (C=O) groups is 2. The fourth-order valence-electron chi connectivity index (χ4n) is 2.28. The van der Waals surface area contributed by atoms with Crippen molar-refractivity contribution in [2.24, 2.45) is 0 Å². The summed E-state index contributed by atoms with van der Waals surface area (Å²) in [5.41, 5.74) is 0.882. The zero-order chi connectivity index (χ0) is 22.1. The molecule has 1 amide bonds. The van der Waals surface area contributed by atoms with Gasteiger partial charge in [0.15, 0.2) is 18.1 Å². The van der Waals surface area contributed by atoms with Gasteiger partial charge in [0.25, 0.3) is 5.09 Å². The molecule has 1 aromatic heterocycles. The fraction of sp³-hybridized carbons (Fsp3) is 0.389. The van der Waals surface area contributed by atoms with Gasteiger partial charge in [-0.15, -0.1) is 10.1 Å². The van der Waals surface area contributed by atoms with Crippen molar-refractivity contribution in [3.8, 4) is 5.75 Å². The first-order chi connectivity index (χ1) is 14.2. The van der Waals surface area contributed by atoms with Gasteiger partial charge in [0.1, 0.15) is 11.8 Å². The summed E-state index contributed by atoms with van der Waals surface area (Å²) in [7, 11) is 0. The topological polar surface area (TPSA) is 160 Å². The Labute approximate surface area is 169 Å². The highest BCUT2D eigenvalue weighted by Crippen LogP contribution is 2.14. The monoisotopic (exact) mass is 424 g/mol. The number of nitrogens with zero attached hydrogens (tertiary/aromatic N) is 1. The number of rotatable bonds is 10. The van der Waals surface area contributed by atoms with Crippen LogP contribution in [0.5, 0.6) is 5.75 Å². The lowest BCUT2D eigenvalue weighted by Gasteiger charge is -2.13. The molecule has 12 nitrogen and oxygen atoms in total. The Morgan fingerprint density at radius 1 is 1.23 bits per heavy atom. The quantitative estimate of drug-likeness (QED) is 0.258. The summed E-state index contributed by atoms with van der Waals surface area (Å²) in [6.07, 6.45) is 0.153. The summed E-state index contributed by atoms with van der Waals surface area (Å²) in [6, 6.07) is 5.49. The van der Waals surface area contributed by atoms with Crippen molar-refractivity contribution in [1.82, 2.24) is 5.32 Å². The molecule has 0 aliphatic heterocycles. The van der Waals surface area contributed by atoms with Gasteiger partial charge in [0, 0.05) is 0 Å². The molecule has 1 heterocycles. The van der Waals surface area contributed by atoms with Crippen LogP contribution >= 0.6 is 0 Å². The molecule has 0 fully saturated rings. The Balaban J connectivity index is 1.74. The molecule has 0 aliphatic rings. The zero-order valence-electron chi connectivity index (χ0n) is 16.2. The SMILES string of the molecule is Cc1oc(=O)oc1COC(=O)C(C)NC(=O)Oc1ccc(CCCO[N+](=O)[O-])cc1. The molecule has 1 unspecified atom stereocenters. The van der Waals surface area contributed by atoms with Gasteiger partial charge in [-0.25, -0.2) is 14.4 Å². The van der Waals surface area contributed by atoms with Crippen LogP contribution in [0.4, 0.5) is 4.79 Å². The largest absolute Gasteiger partial charge is 0.519 e. The first kappa shape index (κ1) is 22.5. The van der Waals surface area contributed by atoms with Crippen molar-refractivity contribution in [2.75, 3.05) is 6.61 Å². The second kappa shape index (κ2) is 10.6. The summed E-state index contributed by atoms with van der Waals surface area (Å²) < 4.78 is 19.4. The van der Waals surface area contributed by atoms with E-state index in [1.165, 1.54) is 13.8 Å². The third kappa shape index (κ3) is 7.30. The lowest BCUT2D eigenvalue weighted by atomic mass is 10.1. The average molecular weight is 424 g/mol. The standard InChI is InChI=1S/C18H20N2O10/c1-11(16(21)26-10-15-12(2)28-18(23)30-15)19-17(22)29-14-7-5-13(6-8-14)4-3-9-27-20(24)25/h5-8,11H,3-4,9-10H2,1-2H3,(H,19,22). The molecule has 1 aromatic carbocycles. The Hall–Kier alpha value is -3.83. The second-order valence-electron chi connectivity index (χ2n) is 6.10. The number of ether oxygens (including phenoxy) is 2. The number of esters is 1. The van der Waals surface area contributed by atoms with E-state index in [1.807, 2.05) is 0 Å². The van der Waals surface area contributed by atoms with E-state index in [4.69, 9.17) is 13.9 Å². The number of aryl methyl sites for hydroxylation is 2. The van der Waals surface area contributed by atoms with Gasteiger partial charge in [-0.1, -0.05) is 12.1 Å². The van der Waals surface area contributed by atoms with E-state index in [2.05, 4.69) is 14.6 Å². The summed E-state index contributed by atoms with van der Waals surface area (Å²) in [4.78, 5) is 49.1. The van der Waals surface area contributed by atoms with E-state index in [-0.39, 0.29) is 30.5 Å². The van der Waals surface area contributed by atoms with Crippen LogP contribution in [0, 0.1) is 17.0 Å². The Morgan fingerprint density at radius 2 is 1.93 bits per heavy atom. The van der Waals surface area contributed by atoms with E-state index in [0.717, 1.165) is 5.56 Å². The molecule has 0 spiro atoms. The molecule has 2 rings (SSSR count). The van der Waals surface area contributed by atoms with Crippen LogP contribution < -0.4 is 15.9 Å². The molecular formula is C18H20N2O10. The predicted octanol–water partition coefficient (Wildman–Crippen LogP) is 1.90. The normalized spacial score (nSPS) is 11.4. The molecule has 162 valence electrons. The summed E-state index contributed by atoms with van der Waals surface area (Å²) in [6.45, 7) is 2.57. The first-order valence-electron chi connectivity index (χ1n) is 8.85. The number of amides is 1. The average Bonchev–Trinajstić information content (AvgIpc) is 3.01. The molecule has 0 bridgehead atoms. The van der Waals surface area contributed by atoms with Crippen LogP contribution in [0.3, 0.4) is 0 Å². The summed E-state index contributed by atoms with van der Waals surface area (Å²) in [5.74, 6) is -1.14.